The van der Waals surface area contributed by atoms with Crippen LogP contribution < -0.4 is 15.4 Å². The van der Waals surface area contributed by atoms with Crippen molar-refractivity contribution in [3.05, 3.63) is 115 Å². The van der Waals surface area contributed by atoms with Crippen molar-refractivity contribution in [2.24, 2.45) is 11.1 Å². The van der Waals surface area contributed by atoms with Crippen LogP contribution >= 0.6 is 23.2 Å². The van der Waals surface area contributed by atoms with E-state index in [-0.39, 0.29) is 52.9 Å². The number of nitriles is 1. The summed E-state index contributed by atoms with van der Waals surface area (Å²) in [6.45, 7) is 7.69. The molecule has 2 aliphatic rings. The van der Waals surface area contributed by atoms with Crippen LogP contribution in [0.1, 0.15) is 60.4 Å². The van der Waals surface area contributed by atoms with Crippen LogP contribution in [-0.2, 0) is 17.6 Å². The minimum Gasteiger partial charge on any atom is -0.487 e. The zero-order valence-corrected chi connectivity index (χ0v) is 26.1. The van der Waals surface area contributed by atoms with E-state index in [0.717, 1.165) is 22.8 Å². The number of nitrogens with two attached hydrogens (primary N) is 1. The summed E-state index contributed by atoms with van der Waals surface area (Å²) >= 11 is 12.3. The molecule has 0 radical (unpaired) electrons. The number of halogens is 5. The van der Waals surface area contributed by atoms with Gasteiger partial charge in [0.1, 0.15) is 18.2 Å². The molecule has 0 amide bonds. The number of rotatable bonds is 5. The number of hydrogen-bond acceptors (Lipinski definition) is 5. The second-order valence-electron chi connectivity index (χ2n) is 12.0. The Balaban J connectivity index is 1.73. The molecule has 0 bridgehead atoms. The molecule has 0 spiro atoms. The number of Topliss-reactive ketones (excluding diaryl/α,β-unsaturated/α-hetero) is 1. The Bertz CT molecular complexity index is 1790. The van der Waals surface area contributed by atoms with Crippen LogP contribution in [-0.4, -0.2) is 5.78 Å². The predicted molar refractivity (Wildman–Crippen MR) is 165 cm³/mol. The molecular weight excluding hydrogens is 610 g/mol. The number of benzene rings is 3. The molecule has 0 saturated heterocycles. The van der Waals surface area contributed by atoms with E-state index < -0.39 is 23.1 Å². The molecule has 1 aliphatic carbocycles. The molecule has 0 aromatic heterocycles. The van der Waals surface area contributed by atoms with Crippen LogP contribution in [0.25, 0.3) is 0 Å². The number of allylic oxidation sites excluding steroid dienone is 3. The zero-order chi connectivity index (χ0) is 32.1. The molecular formula is C34H30Cl2F3N3O2. The van der Waals surface area contributed by atoms with Gasteiger partial charge in [-0.1, -0.05) is 66.9 Å². The van der Waals surface area contributed by atoms with Gasteiger partial charge in [0.05, 0.1) is 33.8 Å². The standard InChI is InChI=1S/C34H30Cl2F3N3O2/c1-18-11-20(17-44-29-8-6-5-7-25(29)36)19(2)22(12-18)30-23(16-40)32(41)42(27-14-33(3,4)15-28(43)31(27)30)26-10-9-21(35)13-24(26)34(37,38)39/h5-13,30H,14-15,17,41H2,1-4H3. The number of alkyl halides is 3. The lowest BCUT2D eigenvalue weighted by atomic mass is 9.67. The van der Waals surface area contributed by atoms with Crippen LogP contribution in [0.4, 0.5) is 18.9 Å². The van der Waals surface area contributed by atoms with Gasteiger partial charge in [0.25, 0.3) is 0 Å². The average molecular weight is 641 g/mol. The van der Waals surface area contributed by atoms with E-state index in [4.69, 9.17) is 33.7 Å². The molecule has 1 atom stereocenters. The Labute approximate surface area is 264 Å². The number of anilines is 1. The van der Waals surface area contributed by atoms with Crippen molar-refractivity contribution in [3.63, 3.8) is 0 Å². The number of nitrogens with zero attached hydrogens (tertiary/aromatic N) is 2. The molecule has 1 aliphatic heterocycles. The van der Waals surface area contributed by atoms with Gasteiger partial charge in [-0.3, -0.25) is 9.69 Å². The minimum atomic E-state index is -4.78. The summed E-state index contributed by atoms with van der Waals surface area (Å²) in [5, 5.41) is 10.8. The third-order valence-electron chi connectivity index (χ3n) is 8.12. The van der Waals surface area contributed by atoms with Crippen LogP contribution in [0, 0.1) is 30.6 Å². The maximum absolute atomic E-state index is 14.3. The van der Waals surface area contributed by atoms with Crippen molar-refractivity contribution in [2.75, 3.05) is 4.90 Å². The summed E-state index contributed by atoms with van der Waals surface area (Å²) in [5.41, 5.74) is 8.48. The Kier molecular flexibility index (Phi) is 8.25. The number of carbonyl (C=O) groups is 1. The van der Waals surface area contributed by atoms with E-state index in [9.17, 15) is 23.2 Å². The highest BCUT2D eigenvalue weighted by atomic mass is 35.5. The Morgan fingerprint density at radius 1 is 1.09 bits per heavy atom. The molecule has 5 rings (SSSR count). The highest BCUT2D eigenvalue weighted by Crippen LogP contribution is 2.52. The molecule has 0 fully saturated rings. The van der Waals surface area contributed by atoms with E-state index in [1.807, 2.05) is 45.9 Å². The summed E-state index contributed by atoms with van der Waals surface area (Å²) in [7, 11) is 0. The SMILES string of the molecule is Cc1cc(COc2ccccc2Cl)c(C)c(C2C(C#N)=C(N)N(c3ccc(Cl)cc3C(F)(F)F)C3=C2C(=O)CC(C)(C)C3)c1. The van der Waals surface area contributed by atoms with E-state index in [2.05, 4.69) is 6.07 Å². The second-order valence-corrected chi connectivity index (χ2v) is 12.8. The third kappa shape index (κ3) is 5.79. The van der Waals surface area contributed by atoms with Gasteiger partial charge >= 0.3 is 6.18 Å². The fraction of sp³-hybridized carbons (Fsp3) is 0.294. The van der Waals surface area contributed by atoms with Crippen molar-refractivity contribution < 1.29 is 22.7 Å². The summed E-state index contributed by atoms with van der Waals surface area (Å²) < 4.78 is 49.0. The van der Waals surface area contributed by atoms with E-state index in [1.54, 1.807) is 18.2 Å². The maximum Gasteiger partial charge on any atom is 0.418 e. The Morgan fingerprint density at radius 3 is 2.45 bits per heavy atom. The summed E-state index contributed by atoms with van der Waals surface area (Å²) in [6.07, 6.45) is -4.35. The number of carbonyl (C=O) groups excluding carboxylic acids is 1. The van der Waals surface area contributed by atoms with E-state index in [0.29, 0.717) is 22.0 Å². The van der Waals surface area contributed by atoms with Crippen LogP contribution in [0.2, 0.25) is 10.0 Å². The molecule has 10 heteroatoms. The quantitative estimate of drug-likeness (QED) is 0.301. The molecule has 2 N–H and O–H groups in total. The lowest BCUT2D eigenvalue weighted by molar-refractivity contribution is -0.137. The normalized spacial score (nSPS) is 18.3. The number of ketones is 1. The Hall–Kier alpha value is -3.93. The lowest BCUT2D eigenvalue weighted by Gasteiger charge is -2.44. The molecule has 228 valence electrons. The number of aryl methyl sites for hydroxylation is 1. The van der Waals surface area contributed by atoms with Gasteiger partial charge in [0, 0.05) is 22.7 Å². The van der Waals surface area contributed by atoms with Crippen LogP contribution in [0.5, 0.6) is 5.75 Å². The van der Waals surface area contributed by atoms with Crippen molar-refractivity contribution >= 4 is 34.7 Å². The highest BCUT2D eigenvalue weighted by molar-refractivity contribution is 6.32. The van der Waals surface area contributed by atoms with Crippen molar-refractivity contribution in [2.45, 2.75) is 59.2 Å². The van der Waals surface area contributed by atoms with Gasteiger partial charge < -0.3 is 10.5 Å². The number of hydrogen-bond donors (Lipinski definition) is 1. The zero-order valence-electron chi connectivity index (χ0n) is 24.6. The smallest absolute Gasteiger partial charge is 0.418 e. The molecule has 3 aromatic carbocycles. The van der Waals surface area contributed by atoms with Crippen molar-refractivity contribution in [1.29, 1.82) is 5.26 Å². The molecule has 5 nitrogen and oxygen atoms in total. The lowest BCUT2D eigenvalue weighted by Crippen LogP contribution is -2.42. The molecule has 1 heterocycles. The second kappa shape index (κ2) is 11.5. The van der Waals surface area contributed by atoms with Gasteiger partial charge in [-0.05, 0) is 72.7 Å². The largest absolute Gasteiger partial charge is 0.487 e. The predicted octanol–water partition coefficient (Wildman–Crippen LogP) is 9.15. The van der Waals surface area contributed by atoms with Gasteiger partial charge in [-0.2, -0.15) is 18.4 Å². The molecule has 3 aromatic rings. The van der Waals surface area contributed by atoms with E-state index >= 15 is 0 Å². The van der Waals surface area contributed by atoms with Gasteiger partial charge in [-0.15, -0.1) is 0 Å². The topological polar surface area (TPSA) is 79.3 Å². The van der Waals surface area contributed by atoms with E-state index in [1.165, 1.54) is 17.0 Å². The first-order valence-corrected chi connectivity index (χ1v) is 14.7. The number of para-hydroxylation sites is 1. The number of ether oxygens (including phenoxy) is 1. The van der Waals surface area contributed by atoms with Gasteiger partial charge in [0.15, 0.2) is 5.78 Å². The summed E-state index contributed by atoms with van der Waals surface area (Å²) in [4.78, 5) is 15.2. The maximum atomic E-state index is 14.3. The fourth-order valence-corrected chi connectivity index (χ4v) is 6.52. The van der Waals surface area contributed by atoms with Crippen molar-refractivity contribution in [1.82, 2.24) is 0 Å². The monoisotopic (exact) mass is 639 g/mol. The third-order valence-corrected chi connectivity index (χ3v) is 8.66. The molecule has 1 unspecified atom stereocenters. The highest BCUT2D eigenvalue weighted by Gasteiger charge is 2.47. The van der Waals surface area contributed by atoms with Gasteiger partial charge in [0.2, 0.25) is 0 Å². The average Bonchev–Trinajstić information content (AvgIpc) is 2.93. The Morgan fingerprint density at radius 2 is 1.80 bits per heavy atom. The first kappa shape index (κ1) is 31.5. The first-order chi connectivity index (χ1) is 20.6. The fourth-order valence-electron chi connectivity index (χ4n) is 6.16. The van der Waals surface area contributed by atoms with Crippen LogP contribution in [0.15, 0.2) is 77.3 Å². The molecule has 44 heavy (non-hydrogen) atoms. The minimum absolute atomic E-state index is 0.00782. The molecule has 0 saturated carbocycles. The summed E-state index contributed by atoms with van der Waals surface area (Å²) in [5.74, 6) is -0.784. The van der Waals surface area contributed by atoms with Gasteiger partial charge in [-0.25, -0.2) is 0 Å². The first-order valence-electron chi connectivity index (χ1n) is 13.9. The summed E-state index contributed by atoms with van der Waals surface area (Å²) in [6, 6.07) is 16.5. The van der Waals surface area contributed by atoms with Crippen LogP contribution in [0.3, 0.4) is 0 Å². The van der Waals surface area contributed by atoms with Crippen molar-refractivity contribution in [3.8, 4) is 11.8 Å².